The first-order chi connectivity index (χ1) is 15.2. The Hall–Kier alpha value is -3.78. The Labute approximate surface area is 184 Å². The van der Waals surface area contributed by atoms with Gasteiger partial charge in [-0.1, -0.05) is 17.7 Å². The van der Waals surface area contributed by atoms with E-state index >= 15 is 0 Å². The summed E-state index contributed by atoms with van der Waals surface area (Å²) in [7, 11) is 0. The number of nitrogens with two attached hydrogens (primary N) is 1. The Kier molecular flexibility index (Phi) is 4.49. The van der Waals surface area contributed by atoms with E-state index in [0.717, 1.165) is 17.6 Å². The highest BCUT2D eigenvalue weighted by Crippen LogP contribution is 2.36. The molecule has 0 saturated heterocycles. The zero-order valence-electron chi connectivity index (χ0n) is 16.3. The highest BCUT2D eigenvalue weighted by molar-refractivity contribution is 6.30. The largest absolute Gasteiger partial charge is 0.416 e. The second-order valence-electron chi connectivity index (χ2n) is 7.25. The van der Waals surface area contributed by atoms with Crippen molar-refractivity contribution in [3.05, 3.63) is 94.0 Å². The number of hydrogen-bond donors (Lipinski definition) is 1. The maximum atomic E-state index is 13.7. The molecule has 3 aromatic heterocycles. The average molecular weight is 455 g/mol. The van der Waals surface area contributed by atoms with Crippen LogP contribution in [0.4, 0.5) is 18.9 Å². The van der Waals surface area contributed by atoms with Crippen LogP contribution in [-0.4, -0.2) is 14.2 Å². The van der Waals surface area contributed by atoms with Crippen molar-refractivity contribution in [2.24, 2.45) is 0 Å². The lowest BCUT2D eigenvalue weighted by Crippen LogP contribution is -2.23. The van der Waals surface area contributed by atoms with Crippen LogP contribution < -0.4 is 11.3 Å². The molecule has 32 heavy (non-hydrogen) atoms. The maximum absolute atomic E-state index is 13.7. The summed E-state index contributed by atoms with van der Waals surface area (Å²) in [6, 6.07) is 14.7. The van der Waals surface area contributed by atoms with E-state index in [0.29, 0.717) is 21.7 Å². The van der Waals surface area contributed by atoms with Crippen LogP contribution in [0.2, 0.25) is 5.02 Å². The molecule has 2 aromatic carbocycles. The maximum Gasteiger partial charge on any atom is 0.416 e. The van der Waals surface area contributed by atoms with E-state index in [1.54, 1.807) is 59.4 Å². The number of nitrogen functional groups attached to an aromatic ring is 1. The lowest BCUT2D eigenvalue weighted by atomic mass is 10.0. The fraction of sp³-hybridized carbons (Fsp3) is 0.0435. The predicted molar refractivity (Wildman–Crippen MR) is 118 cm³/mol. The number of alkyl halides is 3. The van der Waals surface area contributed by atoms with Gasteiger partial charge in [0.15, 0.2) is 0 Å². The number of halogens is 4. The van der Waals surface area contributed by atoms with Crippen molar-refractivity contribution in [2.75, 3.05) is 5.73 Å². The molecule has 2 N–H and O–H groups in total. The van der Waals surface area contributed by atoms with Gasteiger partial charge in [-0.3, -0.25) is 9.36 Å². The molecule has 0 aliphatic carbocycles. The number of rotatable bonds is 2. The molecule has 0 amide bonds. The Morgan fingerprint density at radius 3 is 2.44 bits per heavy atom. The molecule has 9 heteroatoms. The van der Waals surface area contributed by atoms with E-state index in [2.05, 4.69) is 5.10 Å². The monoisotopic (exact) mass is 454 g/mol. The molecule has 5 aromatic rings. The summed E-state index contributed by atoms with van der Waals surface area (Å²) in [6.45, 7) is 0. The second kappa shape index (κ2) is 7.13. The Morgan fingerprint density at radius 2 is 1.72 bits per heavy atom. The van der Waals surface area contributed by atoms with Gasteiger partial charge in [0.2, 0.25) is 0 Å². The van der Waals surface area contributed by atoms with Gasteiger partial charge in [-0.25, -0.2) is 4.52 Å². The molecule has 0 bridgehead atoms. The number of aromatic nitrogens is 3. The standard InChI is InChI=1S/C23H14ClF3N4O/c24-15-2-4-16(5-3-15)31-19-12-14(23(25,26)27)1-6-18(19)21(28)20(22(31)32)13-8-10-30-17(11-13)7-9-29-30/h1-12H,28H2. The topological polar surface area (TPSA) is 65.3 Å². The zero-order chi connectivity index (χ0) is 22.6. The van der Waals surface area contributed by atoms with Crippen LogP contribution in [0.1, 0.15) is 5.56 Å². The smallest absolute Gasteiger partial charge is 0.398 e. The lowest BCUT2D eigenvalue weighted by Gasteiger charge is -2.18. The first-order valence-electron chi connectivity index (χ1n) is 9.49. The van der Waals surface area contributed by atoms with Crippen LogP contribution in [-0.2, 0) is 6.18 Å². The van der Waals surface area contributed by atoms with Crippen LogP contribution in [0.25, 0.3) is 33.2 Å². The summed E-state index contributed by atoms with van der Waals surface area (Å²) in [5.74, 6) is 0. The number of anilines is 1. The summed E-state index contributed by atoms with van der Waals surface area (Å²) in [6.07, 6.45) is -1.27. The summed E-state index contributed by atoms with van der Waals surface area (Å²) in [4.78, 5) is 13.7. The summed E-state index contributed by atoms with van der Waals surface area (Å²) in [5.41, 5.74) is 6.94. The molecule has 5 nitrogen and oxygen atoms in total. The minimum absolute atomic E-state index is 0.0545. The molecule has 5 rings (SSSR count). The first-order valence-corrected chi connectivity index (χ1v) is 9.87. The first kappa shape index (κ1) is 20.1. The molecule has 0 unspecified atom stereocenters. The van der Waals surface area contributed by atoms with E-state index in [-0.39, 0.29) is 16.8 Å². The molecule has 0 saturated carbocycles. The quantitative estimate of drug-likeness (QED) is 0.380. The van der Waals surface area contributed by atoms with Crippen molar-refractivity contribution in [3.63, 3.8) is 0 Å². The predicted octanol–water partition coefficient (Wildman–Crippen LogP) is 5.56. The molecule has 0 fully saturated rings. The number of nitrogens with zero attached hydrogens (tertiary/aromatic N) is 3. The van der Waals surface area contributed by atoms with E-state index in [9.17, 15) is 18.0 Å². The summed E-state index contributed by atoms with van der Waals surface area (Å²) in [5, 5.41) is 4.90. The Bertz CT molecular complexity index is 1550. The van der Waals surface area contributed by atoms with Crippen LogP contribution in [0.3, 0.4) is 0 Å². The third kappa shape index (κ3) is 3.20. The van der Waals surface area contributed by atoms with Gasteiger partial charge in [-0.05, 0) is 60.2 Å². The van der Waals surface area contributed by atoms with Gasteiger partial charge in [0.25, 0.3) is 5.56 Å². The minimum Gasteiger partial charge on any atom is -0.398 e. The van der Waals surface area contributed by atoms with Gasteiger partial charge in [-0.15, -0.1) is 0 Å². The van der Waals surface area contributed by atoms with Gasteiger partial charge in [0.05, 0.1) is 27.8 Å². The zero-order valence-corrected chi connectivity index (χ0v) is 17.0. The molecule has 0 spiro atoms. The summed E-state index contributed by atoms with van der Waals surface area (Å²) >= 11 is 5.97. The van der Waals surface area contributed by atoms with Crippen molar-refractivity contribution in [2.45, 2.75) is 6.18 Å². The number of fused-ring (bicyclic) bond motifs is 2. The Balaban J connectivity index is 1.90. The van der Waals surface area contributed by atoms with Crippen LogP contribution in [0, 0.1) is 0 Å². The van der Waals surface area contributed by atoms with Crippen molar-refractivity contribution in [1.29, 1.82) is 0 Å². The second-order valence-corrected chi connectivity index (χ2v) is 7.69. The van der Waals surface area contributed by atoms with E-state index < -0.39 is 17.3 Å². The molecular weight excluding hydrogens is 441 g/mol. The molecule has 0 aliphatic rings. The van der Waals surface area contributed by atoms with Gasteiger partial charge < -0.3 is 5.73 Å². The van der Waals surface area contributed by atoms with Crippen molar-refractivity contribution in [3.8, 4) is 16.8 Å². The van der Waals surface area contributed by atoms with Crippen molar-refractivity contribution in [1.82, 2.24) is 14.2 Å². The minimum atomic E-state index is -4.57. The molecule has 0 aliphatic heterocycles. The number of benzene rings is 2. The van der Waals surface area contributed by atoms with Gasteiger partial charge in [-0.2, -0.15) is 18.3 Å². The fourth-order valence-electron chi connectivity index (χ4n) is 3.79. The van der Waals surface area contributed by atoms with E-state index in [1.165, 1.54) is 10.6 Å². The highest BCUT2D eigenvalue weighted by Gasteiger charge is 2.31. The third-order valence-electron chi connectivity index (χ3n) is 5.32. The Morgan fingerprint density at radius 1 is 0.969 bits per heavy atom. The molecule has 0 atom stereocenters. The molecule has 3 heterocycles. The highest BCUT2D eigenvalue weighted by atomic mass is 35.5. The van der Waals surface area contributed by atoms with Crippen LogP contribution in [0.5, 0.6) is 0 Å². The number of pyridine rings is 2. The van der Waals surface area contributed by atoms with Crippen LogP contribution in [0.15, 0.2) is 77.9 Å². The normalized spacial score (nSPS) is 12.0. The SMILES string of the molecule is Nc1c(-c2ccn3nccc3c2)c(=O)n(-c2ccc(Cl)cc2)c2cc(C(F)(F)F)ccc12. The lowest BCUT2D eigenvalue weighted by molar-refractivity contribution is -0.137. The van der Waals surface area contributed by atoms with Crippen molar-refractivity contribution >= 4 is 33.7 Å². The fourth-order valence-corrected chi connectivity index (χ4v) is 3.92. The average Bonchev–Trinajstić information content (AvgIpc) is 3.22. The third-order valence-corrected chi connectivity index (χ3v) is 5.57. The molecule has 160 valence electrons. The van der Waals surface area contributed by atoms with E-state index in [4.69, 9.17) is 17.3 Å². The summed E-state index contributed by atoms with van der Waals surface area (Å²) < 4.78 is 43.1. The van der Waals surface area contributed by atoms with Gasteiger partial charge >= 0.3 is 6.18 Å². The number of hydrogen-bond acceptors (Lipinski definition) is 3. The molecule has 0 radical (unpaired) electrons. The molecular formula is C23H14ClF3N4O. The van der Waals surface area contributed by atoms with Crippen LogP contribution >= 0.6 is 11.6 Å². The van der Waals surface area contributed by atoms with Crippen molar-refractivity contribution < 1.29 is 13.2 Å². The van der Waals surface area contributed by atoms with E-state index in [1.807, 2.05) is 0 Å². The van der Waals surface area contributed by atoms with Gasteiger partial charge in [0.1, 0.15) is 0 Å². The van der Waals surface area contributed by atoms with Gasteiger partial charge in [0, 0.05) is 28.5 Å².